The van der Waals surface area contributed by atoms with Gasteiger partial charge in [-0.05, 0) is 49.8 Å². The van der Waals surface area contributed by atoms with Crippen LogP contribution in [0.3, 0.4) is 0 Å². The Hall–Kier alpha value is -10.5. The summed E-state index contributed by atoms with van der Waals surface area (Å²) in [6, 6.07) is 51.0. The van der Waals surface area contributed by atoms with Gasteiger partial charge in [-0.2, -0.15) is 0 Å². The van der Waals surface area contributed by atoms with Gasteiger partial charge in [-0.25, -0.2) is 9.59 Å². The molecular formula is C58H49N8NaO15. The van der Waals surface area contributed by atoms with Gasteiger partial charge in [-0.3, -0.25) is 50.0 Å². The summed E-state index contributed by atoms with van der Waals surface area (Å²) in [5, 5.41) is 56.0. The van der Waals surface area contributed by atoms with Gasteiger partial charge in [0.05, 0.1) is 56.4 Å². The standard InChI is InChI=1S/C12H10N2O3.C12H12N2O.2C12H9NO4.C10H8N2O2.Na.H2O/c1-8(15)13-12-7-10(14(16)17)6-9-4-2-3-5-11(9)12;1-8(15)14-12-7-10(13)6-9-4-2-3-5-11(9)12;2*1-17-12(14)11-7-9(13(15)16)6-8-4-2-3-5-10(8)11;11-10-6-8(12(13)14)5-7-3-1-2-4-9(7)10;;/h2-7H,1H3,(H,13,15);2-7H,13H2,1H3,(H,14,15);2*2-7H,1H3;1-6H,11H2;;1H2/q;;;;;+1;/p-1. The molecule has 0 saturated heterocycles. The summed E-state index contributed by atoms with van der Waals surface area (Å²) in [4.78, 5) is 86.1. The number of hydrogen-bond donors (Lipinski definition) is 4. The predicted octanol–water partition coefficient (Wildman–Crippen LogP) is 9.31. The minimum atomic E-state index is -0.579. The maximum atomic E-state index is 11.6. The number of nitro groups is 4. The van der Waals surface area contributed by atoms with Crippen LogP contribution >= 0.6 is 0 Å². The van der Waals surface area contributed by atoms with Gasteiger partial charge in [0.1, 0.15) is 0 Å². The number of anilines is 4. The molecule has 0 aliphatic heterocycles. The van der Waals surface area contributed by atoms with Gasteiger partial charge in [-0.1, -0.05) is 121 Å². The van der Waals surface area contributed by atoms with E-state index in [4.69, 9.17) is 11.5 Å². The van der Waals surface area contributed by atoms with Crippen LogP contribution in [0.5, 0.6) is 0 Å². The second kappa shape index (κ2) is 29.5. The zero-order valence-corrected chi connectivity index (χ0v) is 46.4. The molecule has 412 valence electrons. The topological polar surface area (TPSA) is 365 Å². The van der Waals surface area contributed by atoms with Crippen molar-refractivity contribution >= 4 is 123 Å². The number of nitrogens with one attached hydrogen (secondary N) is 2. The normalized spacial score (nSPS) is 9.95. The minimum absolute atomic E-state index is 0. The van der Waals surface area contributed by atoms with E-state index < -0.39 is 31.6 Å². The Morgan fingerprint density at radius 3 is 1.04 bits per heavy atom. The number of carbonyl (C=O) groups is 4. The van der Waals surface area contributed by atoms with E-state index in [1.54, 1.807) is 72.8 Å². The van der Waals surface area contributed by atoms with Crippen LogP contribution < -0.4 is 51.7 Å². The molecule has 23 nitrogen and oxygen atoms in total. The number of nitrogens with zero attached hydrogens (tertiary/aromatic N) is 4. The minimum Gasteiger partial charge on any atom is -0.870 e. The van der Waals surface area contributed by atoms with Crippen molar-refractivity contribution in [2.75, 3.05) is 36.3 Å². The quantitative estimate of drug-likeness (QED) is 0.0362. The SMILES string of the molecule is CC(=O)Nc1cc(N)cc2ccccc12.CC(=O)Nc1cc([N+](=O)[O-])cc2ccccc12.COC(=O)c1cc([N+](=O)[O-])cc2ccccc12.COC(=O)c1cc([N+](=O)[O-])cc2ccccc12.Nc1cc([N+](=O)[O-])cc2ccccc12.[Na+].[OH-]. The van der Waals surface area contributed by atoms with Crippen molar-refractivity contribution in [3.05, 3.63) is 234 Å². The van der Waals surface area contributed by atoms with E-state index in [-0.39, 0.29) is 80.7 Å². The molecule has 0 bridgehead atoms. The van der Waals surface area contributed by atoms with Crippen molar-refractivity contribution in [2.24, 2.45) is 0 Å². The van der Waals surface area contributed by atoms with E-state index in [0.29, 0.717) is 38.6 Å². The molecule has 0 aromatic heterocycles. The van der Waals surface area contributed by atoms with E-state index >= 15 is 0 Å². The number of nitrogens with two attached hydrogens (primary N) is 2. The number of nitro benzene ring substituents is 4. The number of rotatable bonds is 8. The zero-order valence-electron chi connectivity index (χ0n) is 44.4. The summed E-state index contributed by atoms with van der Waals surface area (Å²) >= 11 is 0. The molecule has 7 N–H and O–H groups in total. The van der Waals surface area contributed by atoms with Crippen LogP contribution in [0, 0.1) is 40.5 Å². The molecule has 0 saturated carbocycles. The number of fused-ring (bicyclic) bond motifs is 5. The summed E-state index contributed by atoms with van der Waals surface area (Å²) < 4.78 is 9.24. The molecule has 24 heteroatoms. The Labute approximate surface area is 487 Å². The van der Waals surface area contributed by atoms with Crippen LogP contribution in [-0.4, -0.2) is 63.1 Å². The number of methoxy groups -OCH3 is 2. The second-order valence-electron chi connectivity index (χ2n) is 17.1. The molecule has 0 aliphatic carbocycles. The average molecular weight is 1120 g/mol. The van der Waals surface area contributed by atoms with Gasteiger partial charge in [0.15, 0.2) is 0 Å². The third kappa shape index (κ3) is 16.5. The van der Waals surface area contributed by atoms with Crippen molar-refractivity contribution in [3.8, 4) is 0 Å². The molecule has 0 unspecified atom stereocenters. The van der Waals surface area contributed by atoms with Crippen LogP contribution in [0.15, 0.2) is 182 Å². The molecule has 0 heterocycles. The number of nitrogen functional groups attached to an aromatic ring is 2. The molecule has 0 aliphatic rings. The first-order valence-electron chi connectivity index (χ1n) is 23.6. The summed E-state index contributed by atoms with van der Waals surface area (Å²) in [6.07, 6.45) is 0. The maximum Gasteiger partial charge on any atom is 1.00 e. The van der Waals surface area contributed by atoms with Crippen molar-refractivity contribution in [3.63, 3.8) is 0 Å². The molecule has 0 radical (unpaired) electrons. The first kappa shape index (κ1) is 64.1. The molecule has 10 rings (SSSR count). The molecule has 82 heavy (non-hydrogen) atoms. The third-order valence-electron chi connectivity index (χ3n) is 11.6. The predicted molar refractivity (Wildman–Crippen MR) is 308 cm³/mol. The van der Waals surface area contributed by atoms with E-state index in [9.17, 15) is 59.6 Å². The van der Waals surface area contributed by atoms with Crippen molar-refractivity contribution < 1.29 is 83.4 Å². The molecule has 10 aromatic carbocycles. The van der Waals surface area contributed by atoms with Crippen LogP contribution in [0.4, 0.5) is 45.5 Å². The third-order valence-corrected chi connectivity index (χ3v) is 11.6. The van der Waals surface area contributed by atoms with Gasteiger partial charge in [-0.15, -0.1) is 0 Å². The fourth-order valence-corrected chi connectivity index (χ4v) is 8.11. The van der Waals surface area contributed by atoms with Gasteiger partial charge >= 0.3 is 41.5 Å². The van der Waals surface area contributed by atoms with Gasteiger partial charge in [0, 0.05) is 89.9 Å². The van der Waals surface area contributed by atoms with Gasteiger partial charge in [0.25, 0.3) is 22.7 Å². The molecule has 0 fully saturated rings. The first-order chi connectivity index (χ1) is 38.2. The number of hydrogen-bond acceptors (Lipinski definition) is 17. The van der Waals surface area contributed by atoms with Crippen LogP contribution in [-0.2, 0) is 19.1 Å². The monoisotopic (exact) mass is 1120 g/mol. The Balaban J connectivity index is 0.000000219. The fraction of sp³-hybridized carbons (Fsp3) is 0.0690. The molecule has 0 atom stereocenters. The van der Waals surface area contributed by atoms with Crippen LogP contribution in [0.25, 0.3) is 53.9 Å². The molecule has 0 spiro atoms. The van der Waals surface area contributed by atoms with Crippen LogP contribution in [0.2, 0.25) is 0 Å². The average Bonchev–Trinajstić information content (AvgIpc) is 3.63. The summed E-state index contributed by atoms with van der Waals surface area (Å²) in [7, 11) is 2.49. The number of carbonyl (C=O) groups excluding carboxylic acids is 4. The van der Waals surface area contributed by atoms with E-state index in [1.165, 1.54) is 76.6 Å². The Morgan fingerprint density at radius 1 is 0.402 bits per heavy atom. The number of non-ortho nitro benzene ring substituents is 4. The zero-order chi connectivity index (χ0) is 58.2. The van der Waals surface area contributed by atoms with Gasteiger partial charge in [0.2, 0.25) is 11.8 Å². The second-order valence-corrected chi connectivity index (χ2v) is 17.1. The number of esters is 2. The number of benzene rings is 10. The number of amides is 2. The Morgan fingerprint density at radius 2 is 0.683 bits per heavy atom. The fourth-order valence-electron chi connectivity index (χ4n) is 8.11. The Kier molecular flexibility index (Phi) is 23.0. The van der Waals surface area contributed by atoms with Crippen molar-refractivity contribution in [1.29, 1.82) is 0 Å². The Bertz CT molecular complexity index is 3960. The summed E-state index contributed by atoms with van der Waals surface area (Å²) in [6.45, 7) is 2.85. The molecule has 10 aromatic rings. The molecular weight excluding hydrogens is 1070 g/mol. The van der Waals surface area contributed by atoms with E-state index in [1.807, 2.05) is 60.7 Å². The van der Waals surface area contributed by atoms with Gasteiger partial charge < -0.3 is 37.1 Å². The summed E-state index contributed by atoms with van der Waals surface area (Å²) in [5.74, 6) is -1.50. The van der Waals surface area contributed by atoms with Crippen molar-refractivity contribution in [1.82, 2.24) is 0 Å². The largest absolute Gasteiger partial charge is 1.00 e. The summed E-state index contributed by atoms with van der Waals surface area (Å²) in [5.41, 5.74) is 13.9. The smallest absolute Gasteiger partial charge is 0.870 e. The van der Waals surface area contributed by atoms with Crippen LogP contribution in [0.1, 0.15) is 34.6 Å². The number of ether oxygens (including phenoxy) is 2. The van der Waals surface area contributed by atoms with E-state index in [2.05, 4.69) is 20.1 Å². The van der Waals surface area contributed by atoms with E-state index in [0.717, 1.165) is 38.0 Å². The molecule has 2 amide bonds. The first-order valence-corrected chi connectivity index (χ1v) is 23.6. The van der Waals surface area contributed by atoms with Crippen molar-refractivity contribution in [2.45, 2.75) is 13.8 Å². The maximum absolute atomic E-state index is 11.6.